The van der Waals surface area contributed by atoms with Crippen molar-refractivity contribution in [3.63, 3.8) is 0 Å². The zero-order valence-electron chi connectivity index (χ0n) is 30.7. The van der Waals surface area contributed by atoms with Gasteiger partial charge in [-0.25, -0.2) is 9.78 Å². The van der Waals surface area contributed by atoms with Gasteiger partial charge in [0, 0.05) is 18.0 Å². The number of likely N-dealkylation sites (tertiary alicyclic amines) is 1. The van der Waals surface area contributed by atoms with Crippen molar-refractivity contribution in [2.75, 3.05) is 26.3 Å². The standard InChI is InChI=1S/C42H48ClN5O7/c43-31-20-17-29(18-21-31)11-8-24-53-32-25-36(39(50)45-34(13-6-7-23-44)38(49)40-46-33-12-4-5-14-37(33)55-40)48(26-32)41(51)35(22-19-28-9-2-1-3-10-28)47-42(52)54-27-30-15-16-30/h1-5,8-12,14,17-18,20-21,30,32,34-36H,6-7,13,15-16,19,22-27,44H2,(H,45,50)(H,47,52)/b11-8+/t32-,34+,35-,36+/m1/s1. The molecule has 13 heteroatoms. The highest BCUT2D eigenvalue weighted by Crippen LogP contribution is 2.29. The van der Waals surface area contributed by atoms with E-state index in [0.29, 0.717) is 60.9 Å². The highest BCUT2D eigenvalue weighted by Gasteiger charge is 2.43. The molecule has 3 aromatic carbocycles. The third-order valence-electron chi connectivity index (χ3n) is 9.84. The maximum Gasteiger partial charge on any atom is 0.407 e. The first kappa shape index (κ1) is 39.6. The van der Waals surface area contributed by atoms with Gasteiger partial charge in [0.05, 0.1) is 25.4 Å². The zero-order valence-corrected chi connectivity index (χ0v) is 31.5. The second-order valence-electron chi connectivity index (χ2n) is 14.1. The summed E-state index contributed by atoms with van der Waals surface area (Å²) in [5.41, 5.74) is 8.69. The van der Waals surface area contributed by atoms with Gasteiger partial charge in [-0.1, -0.05) is 78.4 Å². The lowest BCUT2D eigenvalue weighted by molar-refractivity contribution is -0.140. The number of halogens is 1. The molecule has 1 aromatic heterocycles. The molecule has 12 nitrogen and oxygen atoms in total. The second-order valence-corrected chi connectivity index (χ2v) is 14.5. The van der Waals surface area contributed by atoms with Crippen LogP contribution < -0.4 is 16.4 Å². The molecule has 2 heterocycles. The predicted molar refractivity (Wildman–Crippen MR) is 209 cm³/mol. The number of Topliss-reactive ketones (excluding diaryl/α,β-unsaturated/α-hetero) is 1. The molecule has 0 unspecified atom stereocenters. The number of oxazole rings is 1. The summed E-state index contributed by atoms with van der Waals surface area (Å²) in [5.74, 6) is -1.19. The van der Waals surface area contributed by atoms with Crippen molar-refractivity contribution in [3.8, 4) is 0 Å². The number of carbonyl (C=O) groups is 4. The van der Waals surface area contributed by atoms with Crippen LogP contribution in [0.3, 0.4) is 0 Å². The van der Waals surface area contributed by atoms with E-state index in [4.69, 9.17) is 31.2 Å². The molecule has 290 valence electrons. The summed E-state index contributed by atoms with van der Waals surface area (Å²) in [6.07, 6.45) is 7.06. The lowest BCUT2D eigenvalue weighted by Crippen LogP contribution is -2.55. The number of ketones is 1. The Labute approximate surface area is 325 Å². The first-order valence-corrected chi connectivity index (χ1v) is 19.4. The second kappa shape index (κ2) is 19.5. The molecule has 1 saturated carbocycles. The first-order chi connectivity index (χ1) is 26.8. The normalized spacial score (nSPS) is 18.0. The molecule has 4 atom stereocenters. The average molecular weight is 770 g/mol. The molecule has 1 saturated heterocycles. The molecule has 1 aliphatic heterocycles. The molecular weight excluding hydrogens is 722 g/mol. The molecule has 2 fully saturated rings. The number of rotatable bonds is 19. The maximum atomic E-state index is 14.5. The number of ether oxygens (including phenoxy) is 2. The van der Waals surface area contributed by atoms with Crippen molar-refractivity contribution in [3.05, 3.63) is 107 Å². The minimum atomic E-state index is -0.991. The van der Waals surface area contributed by atoms with Crippen molar-refractivity contribution < 1.29 is 33.1 Å². The van der Waals surface area contributed by atoms with E-state index >= 15 is 0 Å². The molecule has 6 rings (SSSR count). The summed E-state index contributed by atoms with van der Waals surface area (Å²) in [6, 6.07) is 21.1. The van der Waals surface area contributed by atoms with Crippen molar-refractivity contribution >= 4 is 52.5 Å². The van der Waals surface area contributed by atoms with Crippen LogP contribution in [-0.2, 0) is 25.5 Å². The van der Waals surface area contributed by atoms with Crippen LogP contribution in [0.4, 0.5) is 4.79 Å². The molecule has 0 spiro atoms. The number of benzene rings is 3. The van der Waals surface area contributed by atoms with Gasteiger partial charge in [0.2, 0.25) is 17.6 Å². The average Bonchev–Trinajstić information content (AvgIpc) is 3.77. The fraction of sp³-hybridized carbons (Fsp3) is 0.405. The number of aromatic nitrogens is 1. The van der Waals surface area contributed by atoms with E-state index in [1.54, 1.807) is 36.4 Å². The molecule has 0 bridgehead atoms. The van der Waals surface area contributed by atoms with Gasteiger partial charge < -0.3 is 35.2 Å². The summed E-state index contributed by atoms with van der Waals surface area (Å²) >= 11 is 6.02. The topological polar surface area (TPSA) is 166 Å². The number of nitrogens with zero attached hydrogens (tertiary/aromatic N) is 2. The SMILES string of the molecule is NCCCC[C@H](NC(=O)[C@@H]1C[C@@H](OC/C=C/c2ccc(Cl)cc2)CN1C(=O)[C@@H](CCc1ccccc1)NC(=O)OCC1CC1)C(=O)c1nc2ccccc2o1. The van der Waals surface area contributed by atoms with Gasteiger partial charge in [-0.3, -0.25) is 14.4 Å². The number of hydrogen-bond acceptors (Lipinski definition) is 9. The number of hydrogen-bond donors (Lipinski definition) is 3. The summed E-state index contributed by atoms with van der Waals surface area (Å²) in [6.45, 7) is 1.04. The zero-order chi connectivity index (χ0) is 38.6. The minimum absolute atomic E-state index is 0.100. The molecule has 0 radical (unpaired) electrons. The number of unbranched alkanes of at least 4 members (excludes halogenated alkanes) is 1. The minimum Gasteiger partial charge on any atom is -0.449 e. The van der Waals surface area contributed by atoms with Crippen LogP contribution in [0.5, 0.6) is 0 Å². The smallest absolute Gasteiger partial charge is 0.407 e. The molecule has 4 aromatic rings. The van der Waals surface area contributed by atoms with Crippen molar-refractivity contribution in [1.82, 2.24) is 20.5 Å². The van der Waals surface area contributed by atoms with Gasteiger partial charge >= 0.3 is 6.09 Å². The summed E-state index contributed by atoms with van der Waals surface area (Å²) in [5, 5.41) is 6.35. The fourth-order valence-electron chi connectivity index (χ4n) is 6.59. The van der Waals surface area contributed by atoms with Crippen molar-refractivity contribution in [1.29, 1.82) is 0 Å². The number of nitrogens with one attached hydrogen (secondary N) is 2. The van der Waals surface area contributed by atoms with E-state index in [9.17, 15) is 19.2 Å². The van der Waals surface area contributed by atoms with Crippen molar-refractivity contribution in [2.24, 2.45) is 11.7 Å². The van der Waals surface area contributed by atoms with Gasteiger partial charge in [-0.2, -0.15) is 0 Å². The maximum absolute atomic E-state index is 14.5. The Morgan fingerprint density at radius 2 is 1.71 bits per heavy atom. The van der Waals surface area contributed by atoms with E-state index in [2.05, 4.69) is 15.6 Å². The van der Waals surface area contributed by atoms with Crippen molar-refractivity contribution in [2.45, 2.75) is 75.6 Å². The molecule has 1 aliphatic carbocycles. The summed E-state index contributed by atoms with van der Waals surface area (Å²) in [7, 11) is 0. The molecule has 3 amide bonds. The number of nitrogens with two attached hydrogens (primary N) is 1. The van der Waals surface area contributed by atoms with Crippen LogP contribution in [0.25, 0.3) is 17.2 Å². The molecule has 2 aliphatic rings. The lowest BCUT2D eigenvalue weighted by Gasteiger charge is -2.29. The highest BCUT2D eigenvalue weighted by molar-refractivity contribution is 6.30. The van der Waals surface area contributed by atoms with E-state index in [-0.39, 0.29) is 31.9 Å². The fourth-order valence-corrected chi connectivity index (χ4v) is 6.72. The van der Waals surface area contributed by atoms with E-state index < -0.39 is 47.9 Å². The Balaban J connectivity index is 1.21. The number of carbonyl (C=O) groups excluding carboxylic acids is 4. The number of amides is 3. The summed E-state index contributed by atoms with van der Waals surface area (Å²) in [4.78, 5) is 61.4. The Bertz CT molecular complexity index is 1900. The van der Waals surface area contributed by atoms with Gasteiger partial charge in [0.1, 0.15) is 17.6 Å². The van der Waals surface area contributed by atoms with Gasteiger partial charge in [0.25, 0.3) is 5.89 Å². The predicted octanol–water partition coefficient (Wildman–Crippen LogP) is 6.11. The number of aryl methyl sites for hydroxylation is 1. The largest absolute Gasteiger partial charge is 0.449 e. The van der Waals surface area contributed by atoms with Gasteiger partial charge in [-0.15, -0.1) is 0 Å². The van der Waals surface area contributed by atoms with Crippen LogP contribution in [0.15, 0.2) is 89.4 Å². The van der Waals surface area contributed by atoms with Crippen LogP contribution >= 0.6 is 11.6 Å². The van der Waals surface area contributed by atoms with E-state index in [1.165, 1.54) is 4.90 Å². The number of para-hydroxylation sites is 2. The Morgan fingerprint density at radius 1 is 0.945 bits per heavy atom. The Kier molecular flexibility index (Phi) is 14.1. The third kappa shape index (κ3) is 11.5. The quantitative estimate of drug-likeness (QED) is 0.0753. The summed E-state index contributed by atoms with van der Waals surface area (Å²) < 4.78 is 17.4. The van der Waals surface area contributed by atoms with Crippen LogP contribution in [0.2, 0.25) is 5.02 Å². The molecular formula is C42H48ClN5O7. The molecule has 4 N–H and O–H groups in total. The van der Waals surface area contributed by atoms with Crippen LogP contribution in [-0.4, -0.2) is 84.1 Å². The van der Waals surface area contributed by atoms with Gasteiger partial charge in [0.15, 0.2) is 5.58 Å². The monoisotopic (exact) mass is 769 g/mol. The van der Waals surface area contributed by atoms with E-state index in [1.807, 2.05) is 54.6 Å². The Hall–Kier alpha value is -5.04. The first-order valence-electron chi connectivity index (χ1n) is 19.0. The van der Waals surface area contributed by atoms with Gasteiger partial charge in [-0.05, 0) is 92.8 Å². The number of alkyl carbamates (subject to hydrolysis) is 1. The lowest BCUT2D eigenvalue weighted by atomic mass is 10.0. The molecule has 55 heavy (non-hydrogen) atoms. The number of fused-ring (bicyclic) bond motifs is 1. The van der Waals surface area contributed by atoms with E-state index in [0.717, 1.165) is 24.0 Å². The highest BCUT2D eigenvalue weighted by atomic mass is 35.5. The Morgan fingerprint density at radius 3 is 2.45 bits per heavy atom. The van der Waals surface area contributed by atoms with Crippen LogP contribution in [0.1, 0.15) is 66.8 Å². The third-order valence-corrected chi connectivity index (χ3v) is 10.1. The van der Waals surface area contributed by atoms with Crippen LogP contribution in [0, 0.1) is 5.92 Å².